The summed E-state index contributed by atoms with van der Waals surface area (Å²) in [4.78, 5) is 26.7. The van der Waals surface area contributed by atoms with Crippen LogP contribution in [-0.4, -0.2) is 56.2 Å². The highest BCUT2D eigenvalue weighted by atomic mass is 16.5. The van der Waals surface area contributed by atoms with Crippen LogP contribution < -0.4 is 15.0 Å². The van der Waals surface area contributed by atoms with Gasteiger partial charge in [-0.25, -0.2) is 0 Å². The summed E-state index contributed by atoms with van der Waals surface area (Å²) in [5, 5.41) is 11.8. The van der Waals surface area contributed by atoms with Gasteiger partial charge in [0.25, 0.3) is 11.8 Å². The van der Waals surface area contributed by atoms with Crippen LogP contribution in [0.5, 0.6) is 5.75 Å². The first kappa shape index (κ1) is 15.8. The number of hydrogen-bond donors (Lipinski definition) is 2. The number of imide groups is 1. The fourth-order valence-corrected chi connectivity index (χ4v) is 2.12. The summed E-state index contributed by atoms with van der Waals surface area (Å²) in [5.74, 6) is -0.337. The molecule has 22 heavy (non-hydrogen) atoms. The summed E-state index contributed by atoms with van der Waals surface area (Å²) in [6.45, 7) is -0.282. The Labute approximate surface area is 128 Å². The Morgan fingerprint density at radius 2 is 2.05 bits per heavy atom. The number of β-amino-alcohol motifs (C(OH)–C–C–N with tert-alkyl or cyclic N) is 1. The van der Waals surface area contributed by atoms with Crippen molar-refractivity contribution in [3.8, 4) is 5.75 Å². The standard InChI is InChI=1S/C15H19N3O4/c1-17(2)10-4-5-11(13(8-10)22-3)16-12-9-14(20)18(6-7-19)15(12)21/h4-5,8-9,16,19H,6-7H2,1-3H3. The second-order valence-corrected chi connectivity index (χ2v) is 4.98. The van der Waals surface area contributed by atoms with Gasteiger partial charge in [-0.1, -0.05) is 0 Å². The Bertz CT molecular complexity index is 625. The maximum atomic E-state index is 12.1. The van der Waals surface area contributed by atoms with Crippen LogP contribution in [0.25, 0.3) is 0 Å². The van der Waals surface area contributed by atoms with Gasteiger partial charge in [-0.05, 0) is 12.1 Å². The highest BCUT2D eigenvalue weighted by Crippen LogP contribution is 2.30. The second-order valence-electron chi connectivity index (χ2n) is 4.98. The molecule has 2 N–H and O–H groups in total. The first-order chi connectivity index (χ1) is 10.5. The summed E-state index contributed by atoms with van der Waals surface area (Å²) in [5.41, 5.74) is 1.70. The fourth-order valence-electron chi connectivity index (χ4n) is 2.12. The number of ether oxygens (including phenoxy) is 1. The van der Waals surface area contributed by atoms with E-state index in [0.717, 1.165) is 10.6 Å². The average Bonchev–Trinajstić information content (AvgIpc) is 2.75. The molecule has 1 aromatic rings. The molecule has 7 heteroatoms. The van der Waals surface area contributed by atoms with Crippen LogP contribution in [0.3, 0.4) is 0 Å². The van der Waals surface area contributed by atoms with E-state index in [1.807, 2.05) is 31.1 Å². The lowest BCUT2D eigenvalue weighted by molar-refractivity contribution is -0.137. The van der Waals surface area contributed by atoms with Crippen molar-refractivity contribution in [2.45, 2.75) is 0 Å². The number of carbonyl (C=O) groups is 2. The van der Waals surface area contributed by atoms with E-state index in [-0.39, 0.29) is 18.8 Å². The molecule has 0 bridgehead atoms. The van der Waals surface area contributed by atoms with Crippen molar-refractivity contribution in [1.29, 1.82) is 0 Å². The minimum Gasteiger partial charge on any atom is -0.494 e. The lowest BCUT2D eigenvalue weighted by atomic mass is 10.2. The van der Waals surface area contributed by atoms with E-state index in [2.05, 4.69) is 5.32 Å². The predicted molar refractivity (Wildman–Crippen MR) is 82.8 cm³/mol. The molecule has 0 aromatic heterocycles. The van der Waals surface area contributed by atoms with Crippen molar-refractivity contribution in [3.05, 3.63) is 30.0 Å². The second kappa shape index (κ2) is 6.48. The number of rotatable bonds is 6. The van der Waals surface area contributed by atoms with Crippen LogP contribution in [0.1, 0.15) is 0 Å². The third-order valence-corrected chi connectivity index (χ3v) is 3.30. The van der Waals surface area contributed by atoms with Gasteiger partial charge in [0.15, 0.2) is 0 Å². The molecule has 0 fully saturated rings. The molecule has 1 aliphatic rings. The molecular formula is C15H19N3O4. The molecule has 2 rings (SSSR count). The number of benzene rings is 1. The largest absolute Gasteiger partial charge is 0.494 e. The predicted octanol–water partition coefficient (Wildman–Crippen LogP) is 0.418. The van der Waals surface area contributed by atoms with Crippen LogP contribution in [0.4, 0.5) is 11.4 Å². The molecule has 0 saturated carbocycles. The number of carbonyl (C=O) groups excluding carboxylic acids is 2. The molecule has 1 aliphatic heterocycles. The maximum Gasteiger partial charge on any atom is 0.277 e. The van der Waals surface area contributed by atoms with E-state index >= 15 is 0 Å². The van der Waals surface area contributed by atoms with Gasteiger partial charge < -0.3 is 20.1 Å². The molecule has 0 unspecified atom stereocenters. The Balaban J connectivity index is 2.23. The van der Waals surface area contributed by atoms with Crippen molar-refractivity contribution < 1.29 is 19.4 Å². The summed E-state index contributed by atoms with van der Waals surface area (Å²) in [6.07, 6.45) is 1.22. The quantitative estimate of drug-likeness (QED) is 0.741. The first-order valence-corrected chi connectivity index (χ1v) is 6.78. The Hall–Kier alpha value is -2.54. The van der Waals surface area contributed by atoms with E-state index in [0.29, 0.717) is 11.4 Å². The highest BCUT2D eigenvalue weighted by Gasteiger charge is 2.31. The van der Waals surface area contributed by atoms with Crippen molar-refractivity contribution in [2.24, 2.45) is 0 Å². The minimum absolute atomic E-state index is 0.0178. The van der Waals surface area contributed by atoms with E-state index in [9.17, 15) is 9.59 Å². The average molecular weight is 305 g/mol. The molecule has 2 amide bonds. The molecule has 0 atom stereocenters. The highest BCUT2D eigenvalue weighted by molar-refractivity contribution is 6.17. The summed E-state index contributed by atoms with van der Waals surface area (Å²) >= 11 is 0. The minimum atomic E-state index is -0.460. The van der Waals surface area contributed by atoms with Crippen LogP contribution in [0, 0.1) is 0 Å². The summed E-state index contributed by atoms with van der Waals surface area (Å²) in [7, 11) is 5.36. The molecule has 118 valence electrons. The number of nitrogens with one attached hydrogen (secondary N) is 1. The number of aliphatic hydroxyl groups is 1. The van der Waals surface area contributed by atoms with E-state index < -0.39 is 11.8 Å². The van der Waals surface area contributed by atoms with Gasteiger partial charge in [-0.15, -0.1) is 0 Å². The van der Waals surface area contributed by atoms with E-state index in [1.165, 1.54) is 13.2 Å². The Kier molecular flexibility index (Phi) is 4.67. The maximum absolute atomic E-state index is 12.1. The molecule has 0 spiro atoms. The molecular weight excluding hydrogens is 286 g/mol. The molecule has 1 aromatic carbocycles. The lowest BCUT2D eigenvalue weighted by Crippen LogP contribution is -2.34. The third kappa shape index (κ3) is 3.04. The molecule has 0 saturated heterocycles. The zero-order valence-corrected chi connectivity index (χ0v) is 12.8. The Morgan fingerprint density at radius 3 is 2.64 bits per heavy atom. The van der Waals surface area contributed by atoms with Gasteiger partial charge >= 0.3 is 0 Å². The number of hydrogen-bond acceptors (Lipinski definition) is 6. The van der Waals surface area contributed by atoms with Crippen molar-refractivity contribution in [1.82, 2.24) is 4.90 Å². The smallest absolute Gasteiger partial charge is 0.277 e. The van der Waals surface area contributed by atoms with Crippen LogP contribution >= 0.6 is 0 Å². The third-order valence-electron chi connectivity index (χ3n) is 3.30. The van der Waals surface area contributed by atoms with Crippen LogP contribution in [0.2, 0.25) is 0 Å². The topological polar surface area (TPSA) is 82.1 Å². The van der Waals surface area contributed by atoms with Crippen LogP contribution in [-0.2, 0) is 9.59 Å². The van der Waals surface area contributed by atoms with Gasteiger partial charge in [0, 0.05) is 31.9 Å². The lowest BCUT2D eigenvalue weighted by Gasteiger charge is -2.17. The van der Waals surface area contributed by atoms with E-state index in [4.69, 9.17) is 9.84 Å². The fraction of sp³-hybridized carbons (Fsp3) is 0.333. The van der Waals surface area contributed by atoms with Gasteiger partial charge in [-0.2, -0.15) is 0 Å². The molecule has 1 heterocycles. The molecule has 0 radical (unpaired) electrons. The number of methoxy groups -OCH3 is 1. The monoisotopic (exact) mass is 305 g/mol. The van der Waals surface area contributed by atoms with Crippen LogP contribution in [0.15, 0.2) is 30.0 Å². The Morgan fingerprint density at radius 1 is 1.32 bits per heavy atom. The van der Waals surface area contributed by atoms with Gasteiger partial charge in [0.05, 0.1) is 25.9 Å². The number of anilines is 2. The SMILES string of the molecule is COc1cc(N(C)C)ccc1NC1=CC(=O)N(CCO)C1=O. The number of amides is 2. The summed E-state index contributed by atoms with van der Waals surface area (Å²) < 4.78 is 5.32. The van der Waals surface area contributed by atoms with Gasteiger partial charge in [0.1, 0.15) is 11.4 Å². The van der Waals surface area contributed by atoms with Gasteiger partial charge in [0.2, 0.25) is 0 Å². The van der Waals surface area contributed by atoms with Gasteiger partial charge in [-0.3, -0.25) is 14.5 Å². The molecule has 0 aliphatic carbocycles. The first-order valence-electron chi connectivity index (χ1n) is 6.78. The van der Waals surface area contributed by atoms with Crippen molar-refractivity contribution >= 4 is 23.2 Å². The number of nitrogens with zero attached hydrogens (tertiary/aromatic N) is 2. The normalized spacial score (nSPS) is 14.2. The van der Waals surface area contributed by atoms with Crippen molar-refractivity contribution in [3.63, 3.8) is 0 Å². The zero-order valence-electron chi connectivity index (χ0n) is 12.8. The van der Waals surface area contributed by atoms with Crippen molar-refractivity contribution in [2.75, 3.05) is 44.6 Å². The molecule has 7 nitrogen and oxygen atoms in total. The number of aliphatic hydroxyl groups excluding tert-OH is 1. The summed E-state index contributed by atoms with van der Waals surface area (Å²) in [6, 6.07) is 5.48. The zero-order chi connectivity index (χ0) is 16.3. The van der Waals surface area contributed by atoms with E-state index in [1.54, 1.807) is 6.07 Å².